The first-order valence-corrected chi connectivity index (χ1v) is 11.1. The molecule has 0 aromatic heterocycles. The van der Waals surface area contributed by atoms with Gasteiger partial charge in [0.25, 0.3) is 0 Å². The van der Waals surface area contributed by atoms with Crippen LogP contribution >= 0.6 is 0 Å². The van der Waals surface area contributed by atoms with Gasteiger partial charge in [-0.25, -0.2) is 14.4 Å². The van der Waals surface area contributed by atoms with Gasteiger partial charge in [-0.1, -0.05) is 30.3 Å². The molecule has 0 heterocycles. The predicted molar refractivity (Wildman–Crippen MR) is 124 cm³/mol. The molecular weight excluding hydrogens is 428 g/mol. The highest BCUT2D eigenvalue weighted by atomic mass is 16.6. The molecule has 2 amide bonds. The number of benzene rings is 1. The molecule has 0 aliphatic carbocycles. The Kier molecular flexibility index (Phi) is 11.1. The summed E-state index contributed by atoms with van der Waals surface area (Å²) in [5.41, 5.74) is -0.544. The number of alkyl carbamates (subject to hydrolysis) is 2. The van der Waals surface area contributed by atoms with Crippen LogP contribution in [0.1, 0.15) is 60.5 Å². The number of esters is 1. The summed E-state index contributed by atoms with van der Waals surface area (Å²) < 4.78 is 21.5. The van der Waals surface area contributed by atoms with E-state index < -0.39 is 41.5 Å². The van der Waals surface area contributed by atoms with E-state index in [-0.39, 0.29) is 13.2 Å². The quantitative estimate of drug-likeness (QED) is 0.305. The highest BCUT2D eigenvalue weighted by Gasteiger charge is 2.33. The van der Waals surface area contributed by atoms with Crippen molar-refractivity contribution in [3.8, 4) is 0 Å². The summed E-state index contributed by atoms with van der Waals surface area (Å²) in [7, 11) is 0. The van der Waals surface area contributed by atoms with E-state index in [1.165, 1.54) is 0 Å². The smallest absolute Gasteiger partial charge is 0.408 e. The second-order valence-corrected chi connectivity index (χ2v) is 9.58. The first kappa shape index (κ1) is 28.2. The number of hydrogen-bond donors (Lipinski definition) is 2. The summed E-state index contributed by atoms with van der Waals surface area (Å²) in [5.74, 6) is -0.622. The number of ether oxygens (including phenoxy) is 4. The molecule has 0 bridgehead atoms. The molecule has 0 aliphatic heterocycles. The molecule has 0 radical (unpaired) electrons. The van der Waals surface area contributed by atoms with Gasteiger partial charge < -0.3 is 29.6 Å². The Morgan fingerprint density at radius 1 is 0.909 bits per heavy atom. The van der Waals surface area contributed by atoms with Crippen molar-refractivity contribution in [2.45, 2.75) is 84.8 Å². The molecular formula is C24H38N2O7. The standard InChI is InChI=1S/C24H38N2O7/c1-17(19(20(27)32-23(2,3)4)26-22(29)33-24(5,6)7)30-15-11-14-25-21(28)31-16-18-12-9-8-10-13-18/h8-10,12-13,17,19H,11,14-16H2,1-7H3,(H,25,28)(H,26,29). The van der Waals surface area contributed by atoms with Crippen LogP contribution in [0, 0.1) is 0 Å². The molecule has 0 fully saturated rings. The van der Waals surface area contributed by atoms with Gasteiger partial charge >= 0.3 is 18.2 Å². The molecule has 0 spiro atoms. The summed E-state index contributed by atoms with van der Waals surface area (Å²) >= 11 is 0. The lowest BCUT2D eigenvalue weighted by molar-refractivity contribution is -0.161. The molecule has 0 aliphatic rings. The topological polar surface area (TPSA) is 112 Å². The SMILES string of the molecule is CC(OCCCNC(=O)OCc1ccccc1)C(NC(=O)OC(C)(C)C)C(=O)OC(C)(C)C. The van der Waals surface area contributed by atoms with E-state index in [1.807, 2.05) is 30.3 Å². The van der Waals surface area contributed by atoms with Crippen molar-refractivity contribution in [1.82, 2.24) is 10.6 Å². The number of hydrogen-bond acceptors (Lipinski definition) is 7. The van der Waals surface area contributed by atoms with E-state index in [1.54, 1.807) is 48.5 Å². The van der Waals surface area contributed by atoms with Crippen LogP contribution in [0.25, 0.3) is 0 Å². The van der Waals surface area contributed by atoms with Crippen molar-refractivity contribution in [2.75, 3.05) is 13.2 Å². The highest BCUT2D eigenvalue weighted by Crippen LogP contribution is 2.13. The second kappa shape index (κ2) is 13.0. The number of nitrogens with one attached hydrogen (secondary N) is 2. The Bertz CT molecular complexity index is 754. The van der Waals surface area contributed by atoms with E-state index in [9.17, 15) is 14.4 Å². The lowest BCUT2D eigenvalue weighted by Crippen LogP contribution is -2.52. The van der Waals surface area contributed by atoms with E-state index in [0.717, 1.165) is 5.56 Å². The minimum Gasteiger partial charge on any atom is -0.458 e. The lowest BCUT2D eigenvalue weighted by Gasteiger charge is -2.29. The monoisotopic (exact) mass is 466 g/mol. The van der Waals surface area contributed by atoms with Crippen LogP contribution in [-0.4, -0.2) is 54.7 Å². The van der Waals surface area contributed by atoms with Crippen LogP contribution in [0.3, 0.4) is 0 Å². The molecule has 1 rings (SSSR count). The van der Waals surface area contributed by atoms with Crippen molar-refractivity contribution in [2.24, 2.45) is 0 Å². The molecule has 1 aromatic rings. The van der Waals surface area contributed by atoms with Gasteiger partial charge in [0, 0.05) is 13.2 Å². The first-order chi connectivity index (χ1) is 15.3. The Balaban J connectivity index is 2.47. The van der Waals surface area contributed by atoms with Gasteiger partial charge in [0.1, 0.15) is 17.8 Å². The van der Waals surface area contributed by atoms with Gasteiger partial charge in [-0.15, -0.1) is 0 Å². The molecule has 33 heavy (non-hydrogen) atoms. The zero-order valence-corrected chi connectivity index (χ0v) is 20.7. The van der Waals surface area contributed by atoms with Crippen molar-refractivity contribution in [3.05, 3.63) is 35.9 Å². The minimum absolute atomic E-state index is 0.189. The lowest BCUT2D eigenvalue weighted by atomic mass is 10.1. The van der Waals surface area contributed by atoms with Gasteiger partial charge in [0.2, 0.25) is 0 Å². The molecule has 1 aromatic carbocycles. The summed E-state index contributed by atoms with van der Waals surface area (Å²) in [6, 6.07) is 8.32. The molecule has 2 atom stereocenters. The summed E-state index contributed by atoms with van der Waals surface area (Å²) in [6.45, 7) is 12.8. The summed E-state index contributed by atoms with van der Waals surface area (Å²) in [6.07, 6.45) is -1.46. The average molecular weight is 467 g/mol. The van der Waals surface area contributed by atoms with E-state index in [4.69, 9.17) is 18.9 Å². The number of carbonyl (C=O) groups is 3. The minimum atomic E-state index is -1.05. The zero-order valence-electron chi connectivity index (χ0n) is 20.7. The highest BCUT2D eigenvalue weighted by molar-refractivity contribution is 5.82. The van der Waals surface area contributed by atoms with Crippen molar-refractivity contribution >= 4 is 18.2 Å². The molecule has 9 heteroatoms. The first-order valence-electron chi connectivity index (χ1n) is 11.1. The largest absolute Gasteiger partial charge is 0.458 e. The fourth-order valence-electron chi connectivity index (χ4n) is 2.57. The number of amides is 2. The van der Waals surface area contributed by atoms with Gasteiger partial charge in [-0.05, 0) is 60.5 Å². The van der Waals surface area contributed by atoms with Crippen LogP contribution in [0.5, 0.6) is 0 Å². The molecule has 2 unspecified atom stereocenters. The molecule has 186 valence electrons. The van der Waals surface area contributed by atoms with Gasteiger partial charge in [0.05, 0.1) is 6.10 Å². The van der Waals surface area contributed by atoms with Crippen LogP contribution in [0.4, 0.5) is 9.59 Å². The van der Waals surface area contributed by atoms with Gasteiger partial charge in [-0.2, -0.15) is 0 Å². The Hall–Kier alpha value is -2.81. The average Bonchev–Trinajstić information content (AvgIpc) is 2.68. The van der Waals surface area contributed by atoms with E-state index >= 15 is 0 Å². The Labute approximate surface area is 196 Å². The molecule has 0 saturated heterocycles. The normalized spacial score (nSPS) is 13.4. The zero-order chi connectivity index (χ0) is 25.1. The van der Waals surface area contributed by atoms with E-state index in [0.29, 0.717) is 13.0 Å². The third kappa shape index (κ3) is 13.4. The molecule has 0 saturated carbocycles. The predicted octanol–water partition coefficient (Wildman–Crippen LogP) is 3.94. The molecule has 9 nitrogen and oxygen atoms in total. The van der Waals surface area contributed by atoms with Crippen LogP contribution in [0.15, 0.2) is 30.3 Å². The third-order valence-electron chi connectivity index (χ3n) is 3.99. The Morgan fingerprint density at radius 2 is 1.52 bits per heavy atom. The summed E-state index contributed by atoms with van der Waals surface area (Å²) in [5, 5.41) is 5.18. The summed E-state index contributed by atoms with van der Waals surface area (Å²) in [4.78, 5) is 36.6. The fraction of sp³-hybridized carbons (Fsp3) is 0.625. The van der Waals surface area contributed by atoms with Gasteiger partial charge in [-0.3, -0.25) is 0 Å². The van der Waals surface area contributed by atoms with Gasteiger partial charge in [0.15, 0.2) is 6.04 Å². The van der Waals surface area contributed by atoms with Crippen LogP contribution in [-0.2, 0) is 30.3 Å². The maximum atomic E-state index is 12.6. The maximum absolute atomic E-state index is 12.6. The Morgan fingerprint density at radius 3 is 2.09 bits per heavy atom. The number of carbonyl (C=O) groups excluding carboxylic acids is 3. The number of rotatable bonds is 10. The molecule has 2 N–H and O–H groups in total. The van der Waals surface area contributed by atoms with E-state index in [2.05, 4.69) is 10.6 Å². The van der Waals surface area contributed by atoms with Crippen LogP contribution in [0.2, 0.25) is 0 Å². The van der Waals surface area contributed by atoms with Crippen molar-refractivity contribution in [3.63, 3.8) is 0 Å². The third-order valence-corrected chi connectivity index (χ3v) is 3.99. The maximum Gasteiger partial charge on any atom is 0.408 e. The van der Waals surface area contributed by atoms with Crippen LogP contribution < -0.4 is 10.6 Å². The van der Waals surface area contributed by atoms with Crippen molar-refractivity contribution in [1.29, 1.82) is 0 Å². The van der Waals surface area contributed by atoms with Crippen molar-refractivity contribution < 1.29 is 33.3 Å². The fourth-order valence-corrected chi connectivity index (χ4v) is 2.57. The second-order valence-electron chi connectivity index (χ2n) is 9.58.